The molecule has 17 heavy (non-hydrogen) atoms. The van der Waals surface area contributed by atoms with E-state index in [1.807, 2.05) is 6.92 Å². The Balaban J connectivity index is 3.07. The third-order valence-electron chi connectivity index (χ3n) is 2.63. The van der Waals surface area contributed by atoms with Crippen LogP contribution in [0.1, 0.15) is 12.6 Å². The quantitative estimate of drug-likeness (QED) is 0.731. The maximum Gasteiger partial charge on any atom is 0.332 e. The first-order chi connectivity index (χ1) is 7.97. The van der Waals surface area contributed by atoms with E-state index in [0.29, 0.717) is 12.1 Å². The number of rotatable bonds is 1. The number of hydrogen-bond donors (Lipinski definition) is 0. The van der Waals surface area contributed by atoms with Gasteiger partial charge in [0.05, 0.1) is 5.69 Å². The standard InChI is InChI=1S/C10H11ClN4O2/c1-4-5-7(11)13-8-6(12-5)9(16)15(3)10(17)14(8)2/h4H2,1-3H3. The van der Waals surface area contributed by atoms with E-state index >= 15 is 0 Å². The first kappa shape index (κ1) is 11.8. The van der Waals surface area contributed by atoms with Gasteiger partial charge in [-0.2, -0.15) is 0 Å². The van der Waals surface area contributed by atoms with E-state index in [0.717, 1.165) is 4.57 Å². The van der Waals surface area contributed by atoms with Gasteiger partial charge in [0, 0.05) is 14.1 Å². The third kappa shape index (κ3) is 1.64. The number of aryl methyl sites for hydroxylation is 2. The molecule has 0 fully saturated rings. The monoisotopic (exact) mass is 254 g/mol. The summed E-state index contributed by atoms with van der Waals surface area (Å²) in [4.78, 5) is 31.8. The van der Waals surface area contributed by atoms with Gasteiger partial charge >= 0.3 is 5.69 Å². The lowest BCUT2D eigenvalue weighted by Crippen LogP contribution is -2.37. The normalized spacial score (nSPS) is 11.1. The van der Waals surface area contributed by atoms with E-state index < -0.39 is 11.2 Å². The van der Waals surface area contributed by atoms with Gasteiger partial charge in [0.2, 0.25) is 0 Å². The van der Waals surface area contributed by atoms with Crippen molar-refractivity contribution >= 4 is 22.8 Å². The van der Waals surface area contributed by atoms with Crippen LogP contribution >= 0.6 is 11.6 Å². The average Bonchev–Trinajstić information content (AvgIpc) is 2.33. The Labute approximate surface area is 101 Å². The number of hydrogen-bond acceptors (Lipinski definition) is 4. The molecule has 2 aromatic heterocycles. The molecule has 0 aliphatic rings. The van der Waals surface area contributed by atoms with Crippen LogP contribution in [0.2, 0.25) is 5.15 Å². The lowest BCUT2D eigenvalue weighted by atomic mass is 10.3. The molecule has 2 rings (SSSR count). The molecule has 0 saturated heterocycles. The zero-order valence-corrected chi connectivity index (χ0v) is 10.4. The fraction of sp³-hybridized carbons (Fsp3) is 0.400. The summed E-state index contributed by atoms with van der Waals surface area (Å²) >= 11 is 5.92. The largest absolute Gasteiger partial charge is 0.332 e. The smallest absolute Gasteiger partial charge is 0.279 e. The van der Waals surface area contributed by atoms with Crippen molar-refractivity contribution in [2.24, 2.45) is 14.1 Å². The summed E-state index contributed by atoms with van der Waals surface area (Å²) in [6, 6.07) is 0. The Bertz CT molecular complexity index is 717. The molecule has 2 aromatic rings. The maximum absolute atomic E-state index is 11.9. The number of fused-ring (bicyclic) bond motifs is 1. The van der Waals surface area contributed by atoms with Gasteiger partial charge in [-0.05, 0) is 6.42 Å². The Kier molecular flexibility index (Phi) is 2.74. The molecule has 0 unspecified atom stereocenters. The van der Waals surface area contributed by atoms with Crippen LogP contribution in [0.3, 0.4) is 0 Å². The van der Waals surface area contributed by atoms with E-state index in [1.54, 1.807) is 0 Å². The molecule has 0 spiro atoms. The van der Waals surface area contributed by atoms with Crippen LogP contribution in [0.15, 0.2) is 9.59 Å². The highest BCUT2D eigenvalue weighted by atomic mass is 35.5. The summed E-state index contributed by atoms with van der Waals surface area (Å²) in [5.74, 6) is 0. The molecule has 2 heterocycles. The molecule has 90 valence electrons. The van der Waals surface area contributed by atoms with Crippen LogP contribution in [0.4, 0.5) is 0 Å². The van der Waals surface area contributed by atoms with Crippen molar-refractivity contribution in [1.82, 2.24) is 19.1 Å². The molecule has 6 nitrogen and oxygen atoms in total. The molecule has 7 heteroatoms. The zero-order valence-electron chi connectivity index (χ0n) is 9.69. The van der Waals surface area contributed by atoms with E-state index in [1.165, 1.54) is 18.7 Å². The van der Waals surface area contributed by atoms with Gasteiger partial charge in [-0.15, -0.1) is 0 Å². The first-order valence-electron chi connectivity index (χ1n) is 5.09. The second kappa shape index (κ2) is 3.96. The molecular formula is C10H11ClN4O2. The summed E-state index contributed by atoms with van der Waals surface area (Å²) in [5.41, 5.74) is 0.0187. The van der Waals surface area contributed by atoms with Crippen LogP contribution in [0.25, 0.3) is 11.2 Å². The molecule has 0 aliphatic carbocycles. The predicted molar refractivity (Wildman–Crippen MR) is 64.4 cm³/mol. The van der Waals surface area contributed by atoms with Gasteiger partial charge in [0.1, 0.15) is 0 Å². The number of nitrogens with zero attached hydrogens (tertiary/aromatic N) is 4. The van der Waals surface area contributed by atoms with Crippen molar-refractivity contribution in [3.05, 3.63) is 31.7 Å². The van der Waals surface area contributed by atoms with Crippen molar-refractivity contribution in [3.63, 3.8) is 0 Å². The summed E-state index contributed by atoms with van der Waals surface area (Å²) in [6.07, 6.45) is 0.577. The summed E-state index contributed by atoms with van der Waals surface area (Å²) in [7, 11) is 2.94. The summed E-state index contributed by atoms with van der Waals surface area (Å²) < 4.78 is 2.26. The Morgan fingerprint density at radius 2 is 1.82 bits per heavy atom. The molecule has 0 atom stereocenters. The third-order valence-corrected chi connectivity index (χ3v) is 2.94. The number of aromatic nitrogens is 4. The zero-order chi connectivity index (χ0) is 12.7. The highest BCUT2D eigenvalue weighted by Gasteiger charge is 2.13. The van der Waals surface area contributed by atoms with Crippen molar-refractivity contribution in [1.29, 1.82) is 0 Å². The van der Waals surface area contributed by atoms with Crippen molar-refractivity contribution in [2.75, 3.05) is 0 Å². The highest BCUT2D eigenvalue weighted by molar-refractivity contribution is 6.30. The van der Waals surface area contributed by atoms with Crippen LogP contribution in [-0.2, 0) is 20.5 Å². The summed E-state index contributed by atoms with van der Waals surface area (Å²) in [6.45, 7) is 1.87. The molecule has 0 aromatic carbocycles. The van der Waals surface area contributed by atoms with Crippen LogP contribution in [-0.4, -0.2) is 19.1 Å². The second-order valence-electron chi connectivity index (χ2n) is 3.69. The number of halogens is 1. The van der Waals surface area contributed by atoms with Crippen LogP contribution in [0.5, 0.6) is 0 Å². The fourth-order valence-electron chi connectivity index (χ4n) is 1.61. The molecule has 0 saturated carbocycles. The minimum atomic E-state index is -0.457. The SMILES string of the molecule is CCc1nc2c(=O)n(C)c(=O)n(C)c2nc1Cl. The van der Waals surface area contributed by atoms with Gasteiger partial charge in [-0.1, -0.05) is 18.5 Å². The molecule has 0 aliphatic heterocycles. The van der Waals surface area contributed by atoms with E-state index in [9.17, 15) is 9.59 Å². The highest BCUT2D eigenvalue weighted by Crippen LogP contribution is 2.13. The van der Waals surface area contributed by atoms with E-state index in [4.69, 9.17) is 11.6 Å². The Morgan fingerprint density at radius 3 is 2.41 bits per heavy atom. The molecule has 0 radical (unpaired) electrons. The lowest BCUT2D eigenvalue weighted by Gasteiger charge is -2.07. The Morgan fingerprint density at radius 1 is 1.18 bits per heavy atom. The minimum Gasteiger partial charge on any atom is -0.279 e. The van der Waals surface area contributed by atoms with Crippen molar-refractivity contribution in [2.45, 2.75) is 13.3 Å². The summed E-state index contributed by atoms with van der Waals surface area (Å²) in [5, 5.41) is 0.225. The van der Waals surface area contributed by atoms with Crippen molar-refractivity contribution in [3.8, 4) is 0 Å². The molecule has 0 amide bonds. The van der Waals surface area contributed by atoms with Gasteiger partial charge in [-0.3, -0.25) is 13.9 Å². The van der Waals surface area contributed by atoms with Gasteiger partial charge < -0.3 is 0 Å². The van der Waals surface area contributed by atoms with Gasteiger partial charge in [-0.25, -0.2) is 14.8 Å². The molecular weight excluding hydrogens is 244 g/mol. The maximum atomic E-state index is 11.9. The topological polar surface area (TPSA) is 69.8 Å². The lowest BCUT2D eigenvalue weighted by molar-refractivity contribution is 0.703. The fourth-order valence-corrected chi connectivity index (χ4v) is 1.86. The molecule has 0 bridgehead atoms. The molecule has 0 N–H and O–H groups in total. The van der Waals surface area contributed by atoms with E-state index in [2.05, 4.69) is 9.97 Å². The first-order valence-corrected chi connectivity index (χ1v) is 5.47. The van der Waals surface area contributed by atoms with Crippen LogP contribution in [0, 0.1) is 0 Å². The van der Waals surface area contributed by atoms with Crippen LogP contribution < -0.4 is 11.2 Å². The average molecular weight is 255 g/mol. The second-order valence-corrected chi connectivity index (χ2v) is 4.05. The predicted octanol–water partition coefficient (Wildman–Crippen LogP) is 0.243. The van der Waals surface area contributed by atoms with E-state index in [-0.39, 0.29) is 16.3 Å². The minimum absolute atomic E-state index is 0.163. The van der Waals surface area contributed by atoms with Crippen molar-refractivity contribution < 1.29 is 0 Å². The Hall–Kier alpha value is -1.69. The van der Waals surface area contributed by atoms with Gasteiger partial charge in [0.15, 0.2) is 16.3 Å². The van der Waals surface area contributed by atoms with Gasteiger partial charge in [0.25, 0.3) is 5.56 Å².